The van der Waals surface area contributed by atoms with Gasteiger partial charge in [0.05, 0.1) is 17.9 Å². The summed E-state index contributed by atoms with van der Waals surface area (Å²) in [6, 6.07) is 9.76. The summed E-state index contributed by atoms with van der Waals surface area (Å²) < 4.78 is 0. The van der Waals surface area contributed by atoms with Gasteiger partial charge in [-0.2, -0.15) is 0 Å². The van der Waals surface area contributed by atoms with Crippen LogP contribution in [0.1, 0.15) is 31.4 Å². The van der Waals surface area contributed by atoms with Crippen LogP contribution >= 0.6 is 0 Å². The summed E-state index contributed by atoms with van der Waals surface area (Å²) in [7, 11) is 0. The second-order valence-corrected chi connectivity index (χ2v) is 6.22. The number of carbonyl (C=O) groups excluding carboxylic acids is 1. The van der Waals surface area contributed by atoms with Crippen molar-refractivity contribution in [3.05, 3.63) is 48.0 Å². The lowest BCUT2D eigenvalue weighted by Gasteiger charge is -2.26. The van der Waals surface area contributed by atoms with Crippen LogP contribution < -0.4 is 5.32 Å². The zero-order valence-electron chi connectivity index (χ0n) is 12.6. The number of nitrogens with one attached hydrogen (secondary N) is 1. The molecule has 116 valence electrons. The molecule has 0 saturated heterocycles. The molecule has 1 aromatic rings. The molecular formula is C18H21NO3. The SMILES string of the molecule is CCC(NC(=O)C1C2C=CC(C2)C1C(=O)O)c1ccccc1. The first-order valence-corrected chi connectivity index (χ1v) is 7.88. The van der Waals surface area contributed by atoms with Crippen LogP contribution in [0, 0.1) is 23.7 Å². The van der Waals surface area contributed by atoms with Crippen LogP contribution in [0.25, 0.3) is 0 Å². The number of carboxylic acids is 1. The van der Waals surface area contributed by atoms with Crippen LogP contribution in [0.2, 0.25) is 0 Å². The highest BCUT2D eigenvalue weighted by atomic mass is 16.4. The van der Waals surface area contributed by atoms with Gasteiger partial charge >= 0.3 is 5.97 Å². The van der Waals surface area contributed by atoms with Gasteiger partial charge < -0.3 is 10.4 Å². The number of allylic oxidation sites excluding steroid dienone is 2. The Labute approximate surface area is 130 Å². The van der Waals surface area contributed by atoms with E-state index in [1.807, 2.05) is 49.4 Å². The standard InChI is InChI=1S/C18H21NO3/c1-2-14(11-6-4-3-5-7-11)19-17(20)15-12-8-9-13(10-12)16(15)18(21)22/h3-9,12-16H,2,10H2,1H3,(H,19,20)(H,21,22). The Morgan fingerprint density at radius 1 is 1.18 bits per heavy atom. The summed E-state index contributed by atoms with van der Waals surface area (Å²) in [5.41, 5.74) is 1.06. The summed E-state index contributed by atoms with van der Waals surface area (Å²) in [5, 5.41) is 12.5. The molecule has 0 radical (unpaired) electrons. The average Bonchev–Trinajstić information content (AvgIpc) is 3.14. The highest BCUT2D eigenvalue weighted by Gasteiger charge is 2.51. The van der Waals surface area contributed by atoms with E-state index in [0.29, 0.717) is 0 Å². The van der Waals surface area contributed by atoms with Crippen LogP contribution in [-0.4, -0.2) is 17.0 Å². The number of carbonyl (C=O) groups is 2. The summed E-state index contributed by atoms with van der Waals surface area (Å²) in [6.45, 7) is 2.02. The van der Waals surface area contributed by atoms with Gasteiger partial charge in [-0.3, -0.25) is 9.59 Å². The first-order chi connectivity index (χ1) is 10.6. The Bertz CT molecular complexity index is 596. The first-order valence-electron chi connectivity index (χ1n) is 7.88. The lowest BCUT2D eigenvalue weighted by molar-refractivity contribution is -0.148. The molecule has 1 aromatic carbocycles. The zero-order valence-corrected chi connectivity index (χ0v) is 12.6. The van der Waals surface area contributed by atoms with E-state index in [4.69, 9.17) is 0 Å². The number of aliphatic carboxylic acids is 1. The Morgan fingerprint density at radius 3 is 2.41 bits per heavy atom. The molecule has 1 fully saturated rings. The third kappa shape index (κ3) is 2.54. The fourth-order valence-corrected chi connectivity index (χ4v) is 3.89. The van der Waals surface area contributed by atoms with Crippen molar-refractivity contribution in [2.75, 3.05) is 0 Å². The van der Waals surface area contributed by atoms with Gasteiger partial charge in [-0.05, 0) is 30.2 Å². The van der Waals surface area contributed by atoms with Gasteiger partial charge in [0.25, 0.3) is 0 Å². The van der Waals surface area contributed by atoms with Gasteiger partial charge in [0.1, 0.15) is 0 Å². The normalized spacial score (nSPS) is 30.2. The number of fused-ring (bicyclic) bond motifs is 2. The van der Waals surface area contributed by atoms with Crippen molar-refractivity contribution in [2.24, 2.45) is 23.7 Å². The summed E-state index contributed by atoms with van der Waals surface area (Å²) in [4.78, 5) is 24.2. The van der Waals surface area contributed by atoms with Gasteiger partial charge in [-0.15, -0.1) is 0 Å². The second-order valence-electron chi connectivity index (χ2n) is 6.22. The van der Waals surface area contributed by atoms with Crippen LogP contribution in [0.15, 0.2) is 42.5 Å². The van der Waals surface area contributed by atoms with Crippen molar-refractivity contribution in [1.82, 2.24) is 5.32 Å². The van der Waals surface area contributed by atoms with Crippen molar-refractivity contribution in [2.45, 2.75) is 25.8 Å². The molecule has 2 aliphatic carbocycles. The highest BCUT2D eigenvalue weighted by molar-refractivity contribution is 5.87. The number of amides is 1. The number of rotatable bonds is 5. The van der Waals surface area contributed by atoms with Crippen LogP contribution in [0.4, 0.5) is 0 Å². The van der Waals surface area contributed by atoms with E-state index >= 15 is 0 Å². The monoisotopic (exact) mass is 299 g/mol. The molecule has 0 spiro atoms. The molecular weight excluding hydrogens is 278 g/mol. The van der Waals surface area contributed by atoms with Gasteiger partial charge in [-0.1, -0.05) is 49.4 Å². The molecule has 5 unspecified atom stereocenters. The number of hydrogen-bond acceptors (Lipinski definition) is 2. The fourth-order valence-electron chi connectivity index (χ4n) is 3.89. The lowest BCUT2D eigenvalue weighted by atomic mass is 9.82. The first kappa shape index (κ1) is 14.8. The topological polar surface area (TPSA) is 66.4 Å². The quantitative estimate of drug-likeness (QED) is 0.822. The minimum Gasteiger partial charge on any atom is -0.481 e. The van der Waals surface area contributed by atoms with E-state index < -0.39 is 17.8 Å². The third-order valence-electron chi connectivity index (χ3n) is 4.97. The molecule has 2 N–H and O–H groups in total. The maximum absolute atomic E-state index is 12.7. The van der Waals surface area contributed by atoms with Crippen molar-refractivity contribution in [3.63, 3.8) is 0 Å². The molecule has 5 atom stereocenters. The molecule has 2 bridgehead atoms. The maximum atomic E-state index is 12.7. The number of hydrogen-bond donors (Lipinski definition) is 2. The largest absolute Gasteiger partial charge is 0.481 e. The summed E-state index contributed by atoms with van der Waals surface area (Å²) >= 11 is 0. The van der Waals surface area contributed by atoms with Gasteiger partial charge in [0, 0.05) is 0 Å². The van der Waals surface area contributed by atoms with E-state index in [0.717, 1.165) is 18.4 Å². The Balaban J connectivity index is 1.76. The summed E-state index contributed by atoms with van der Waals surface area (Å²) in [6.07, 6.45) is 5.54. The lowest BCUT2D eigenvalue weighted by Crippen LogP contribution is -2.41. The molecule has 3 rings (SSSR count). The molecule has 2 aliphatic rings. The van der Waals surface area contributed by atoms with Crippen LogP contribution in [0.3, 0.4) is 0 Å². The smallest absolute Gasteiger partial charge is 0.307 e. The van der Waals surface area contributed by atoms with E-state index in [-0.39, 0.29) is 23.8 Å². The third-order valence-corrected chi connectivity index (χ3v) is 4.97. The van der Waals surface area contributed by atoms with Crippen molar-refractivity contribution in [1.29, 1.82) is 0 Å². The zero-order chi connectivity index (χ0) is 15.7. The van der Waals surface area contributed by atoms with Crippen molar-refractivity contribution >= 4 is 11.9 Å². The molecule has 0 heterocycles. The van der Waals surface area contributed by atoms with Crippen molar-refractivity contribution < 1.29 is 14.7 Å². The molecule has 0 aromatic heterocycles. The predicted octanol–water partition coefficient (Wildman–Crippen LogP) is 2.78. The number of benzene rings is 1. The molecule has 0 aliphatic heterocycles. The van der Waals surface area contributed by atoms with E-state index in [9.17, 15) is 14.7 Å². The van der Waals surface area contributed by atoms with Gasteiger partial charge in [-0.25, -0.2) is 0 Å². The van der Waals surface area contributed by atoms with E-state index in [1.165, 1.54) is 0 Å². The van der Waals surface area contributed by atoms with E-state index in [2.05, 4.69) is 5.32 Å². The molecule has 4 nitrogen and oxygen atoms in total. The molecule has 4 heteroatoms. The highest BCUT2D eigenvalue weighted by Crippen LogP contribution is 2.48. The minimum atomic E-state index is -0.857. The second kappa shape index (κ2) is 5.95. The van der Waals surface area contributed by atoms with Gasteiger partial charge in [0.15, 0.2) is 0 Å². The summed E-state index contributed by atoms with van der Waals surface area (Å²) in [5.74, 6) is -1.92. The van der Waals surface area contributed by atoms with E-state index in [1.54, 1.807) is 0 Å². The fraction of sp³-hybridized carbons (Fsp3) is 0.444. The van der Waals surface area contributed by atoms with Crippen LogP contribution in [0.5, 0.6) is 0 Å². The average molecular weight is 299 g/mol. The van der Waals surface area contributed by atoms with Crippen LogP contribution in [-0.2, 0) is 9.59 Å². The maximum Gasteiger partial charge on any atom is 0.307 e. The van der Waals surface area contributed by atoms with Crippen molar-refractivity contribution in [3.8, 4) is 0 Å². The Kier molecular flexibility index (Phi) is 4.01. The Hall–Kier alpha value is -2.10. The minimum absolute atomic E-state index is 0.00931. The number of carboxylic acid groups (broad SMARTS) is 1. The molecule has 1 amide bonds. The molecule has 22 heavy (non-hydrogen) atoms. The Morgan fingerprint density at radius 2 is 1.82 bits per heavy atom. The van der Waals surface area contributed by atoms with Gasteiger partial charge in [0.2, 0.25) is 5.91 Å². The molecule has 1 saturated carbocycles. The predicted molar refractivity (Wildman–Crippen MR) is 83.0 cm³/mol.